The van der Waals surface area contributed by atoms with E-state index in [2.05, 4.69) is 272 Å². The van der Waals surface area contributed by atoms with Gasteiger partial charge in [-0.1, -0.05) is 158 Å². The van der Waals surface area contributed by atoms with Gasteiger partial charge in [-0.15, -0.1) is 0 Å². The van der Waals surface area contributed by atoms with E-state index in [-0.39, 0.29) is 0 Å². The maximum Gasteiger partial charge on any atom is 0.0641 e. The standard InChI is InChI=1S/C66H41N5/c1-3-19-42(20-4-1)70-57-31-15-9-25-49(57)51-35-37-61-63(65(51)70)53-27-11-17-33-59(53)68(61)45-39-44(67-55-29-13-7-23-47(55)48-24-8-14-30-56(48)67)40-46(41-45)69-60-34-18-12-28-54(60)64-62(69)38-36-52-50-26-10-16-32-58(50)71(66(52)64)43-21-5-2-6-22-43/h1-41H. The first-order valence-corrected chi connectivity index (χ1v) is 24.4. The molecule has 5 aromatic heterocycles. The van der Waals surface area contributed by atoms with E-state index in [1.807, 2.05) is 0 Å². The lowest BCUT2D eigenvalue weighted by Crippen LogP contribution is -2.03. The zero-order chi connectivity index (χ0) is 46.3. The highest BCUT2D eigenvalue weighted by Gasteiger charge is 2.25. The molecule has 5 heterocycles. The second-order valence-electron chi connectivity index (χ2n) is 18.9. The van der Waals surface area contributed by atoms with E-state index in [4.69, 9.17) is 0 Å². The van der Waals surface area contributed by atoms with Crippen LogP contribution in [-0.2, 0) is 0 Å². The van der Waals surface area contributed by atoms with Crippen molar-refractivity contribution in [3.05, 3.63) is 249 Å². The lowest BCUT2D eigenvalue weighted by molar-refractivity contribution is 1.10. The monoisotopic (exact) mass is 903 g/mol. The van der Waals surface area contributed by atoms with Crippen molar-refractivity contribution in [3.8, 4) is 28.4 Å². The number of aromatic nitrogens is 5. The summed E-state index contributed by atoms with van der Waals surface area (Å²) in [5, 5.41) is 12.3. The molecule has 0 fully saturated rings. The fourth-order valence-electron chi connectivity index (χ4n) is 12.4. The summed E-state index contributed by atoms with van der Waals surface area (Å²) in [5.41, 5.74) is 17.3. The van der Waals surface area contributed by atoms with Crippen molar-refractivity contribution in [3.63, 3.8) is 0 Å². The van der Waals surface area contributed by atoms with Crippen LogP contribution in [0.2, 0.25) is 0 Å². The average Bonchev–Trinajstić information content (AvgIpc) is 4.23. The van der Waals surface area contributed by atoms with Gasteiger partial charge in [0.1, 0.15) is 0 Å². The molecule has 0 aliphatic rings. The lowest BCUT2D eigenvalue weighted by Gasteiger charge is -2.17. The molecule has 0 N–H and O–H groups in total. The fraction of sp³-hybridized carbons (Fsp3) is 0. The van der Waals surface area contributed by atoms with E-state index in [0.29, 0.717) is 0 Å². The average molecular weight is 904 g/mol. The minimum absolute atomic E-state index is 1.08. The van der Waals surface area contributed by atoms with E-state index in [0.717, 1.165) is 50.5 Å². The molecule has 71 heavy (non-hydrogen) atoms. The van der Waals surface area contributed by atoms with Crippen molar-refractivity contribution in [1.29, 1.82) is 0 Å². The third-order valence-electron chi connectivity index (χ3n) is 15.2. The SMILES string of the molecule is c1ccc(-n2c3ccccc3c3ccc4c(c5ccccc5n4-c4cc(-n5c6ccccc6c6ccccc65)cc(-n5c6ccccc6c6c5ccc5c7ccccc7n(-c7ccccc7)c56)c4)c32)cc1. The summed E-state index contributed by atoms with van der Waals surface area (Å²) in [4.78, 5) is 0. The smallest absolute Gasteiger partial charge is 0.0641 e. The highest BCUT2D eigenvalue weighted by atomic mass is 15.1. The van der Waals surface area contributed by atoms with Crippen LogP contribution >= 0.6 is 0 Å². The molecule has 0 bridgehead atoms. The molecule has 0 aliphatic carbocycles. The summed E-state index contributed by atoms with van der Waals surface area (Å²) in [6.07, 6.45) is 0. The van der Waals surface area contributed by atoms with Crippen LogP contribution in [0.15, 0.2) is 249 Å². The molecule has 16 aromatic rings. The Hall–Kier alpha value is -9.58. The molecular formula is C66H41N5. The highest BCUT2D eigenvalue weighted by Crippen LogP contribution is 2.46. The van der Waals surface area contributed by atoms with E-state index >= 15 is 0 Å². The quantitative estimate of drug-likeness (QED) is 0.164. The van der Waals surface area contributed by atoms with Gasteiger partial charge in [-0.3, -0.25) is 0 Å². The zero-order valence-electron chi connectivity index (χ0n) is 38.4. The van der Waals surface area contributed by atoms with Gasteiger partial charge in [0.05, 0.1) is 72.2 Å². The van der Waals surface area contributed by atoms with E-state index in [9.17, 15) is 0 Å². The molecule has 0 spiro atoms. The minimum Gasteiger partial charge on any atom is -0.309 e. The number of fused-ring (bicyclic) bond motifs is 17. The summed E-state index contributed by atoms with van der Waals surface area (Å²) < 4.78 is 12.4. The molecule has 330 valence electrons. The Kier molecular flexibility index (Phi) is 7.82. The van der Waals surface area contributed by atoms with Crippen LogP contribution in [0, 0.1) is 0 Å². The van der Waals surface area contributed by atoms with Gasteiger partial charge in [-0.2, -0.15) is 0 Å². The van der Waals surface area contributed by atoms with E-state index < -0.39 is 0 Å². The van der Waals surface area contributed by atoms with Crippen LogP contribution < -0.4 is 0 Å². The van der Waals surface area contributed by atoms with Crippen LogP contribution in [0.4, 0.5) is 0 Å². The molecule has 0 saturated heterocycles. The Morgan fingerprint density at radius 2 is 0.437 bits per heavy atom. The molecule has 0 saturated carbocycles. The van der Waals surface area contributed by atoms with Crippen molar-refractivity contribution < 1.29 is 0 Å². The second-order valence-corrected chi connectivity index (χ2v) is 18.9. The third-order valence-corrected chi connectivity index (χ3v) is 15.2. The Morgan fingerprint density at radius 1 is 0.169 bits per heavy atom. The first-order valence-electron chi connectivity index (χ1n) is 24.4. The molecule has 0 radical (unpaired) electrons. The van der Waals surface area contributed by atoms with Gasteiger partial charge in [-0.05, 0) is 91.0 Å². The number of hydrogen-bond donors (Lipinski definition) is 0. The van der Waals surface area contributed by atoms with Gasteiger partial charge in [-0.25, -0.2) is 0 Å². The third kappa shape index (κ3) is 5.24. The van der Waals surface area contributed by atoms with Crippen LogP contribution in [0.1, 0.15) is 0 Å². The second kappa shape index (κ2) is 14.5. The predicted molar refractivity (Wildman–Crippen MR) is 298 cm³/mol. The normalized spacial score (nSPS) is 12.2. The summed E-state index contributed by atoms with van der Waals surface area (Å²) in [6, 6.07) is 91.6. The Bertz CT molecular complexity index is 4560. The molecule has 5 nitrogen and oxygen atoms in total. The van der Waals surface area contributed by atoms with Crippen molar-refractivity contribution >= 4 is 109 Å². The van der Waals surface area contributed by atoms with Crippen LogP contribution in [0.25, 0.3) is 137 Å². The topological polar surface area (TPSA) is 24.6 Å². The largest absolute Gasteiger partial charge is 0.309 e. The molecule has 11 aromatic carbocycles. The first-order chi connectivity index (χ1) is 35.3. The van der Waals surface area contributed by atoms with E-state index in [1.165, 1.54) is 87.0 Å². The van der Waals surface area contributed by atoms with Gasteiger partial charge in [0.2, 0.25) is 0 Å². The van der Waals surface area contributed by atoms with Gasteiger partial charge in [0.25, 0.3) is 0 Å². The van der Waals surface area contributed by atoms with E-state index in [1.54, 1.807) is 0 Å². The van der Waals surface area contributed by atoms with Crippen LogP contribution in [0.5, 0.6) is 0 Å². The van der Waals surface area contributed by atoms with Crippen molar-refractivity contribution in [2.24, 2.45) is 0 Å². The summed E-state index contributed by atoms with van der Waals surface area (Å²) >= 11 is 0. The van der Waals surface area contributed by atoms with Gasteiger partial charge < -0.3 is 22.8 Å². The number of benzene rings is 11. The maximum atomic E-state index is 2.51. The lowest BCUT2D eigenvalue weighted by atomic mass is 10.1. The molecule has 0 unspecified atom stereocenters. The Labute approximate surface area is 407 Å². The first kappa shape index (κ1) is 38.4. The highest BCUT2D eigenvalue weighted by molar-refractivity contribution is 6.28. The zero-order valence-corrected chi connectivity index (χ0v) is 38.4. The number of hydrogen-bond acceptors (Lipinski definition) is 0. The number of nitrogens with zero attached hydrogens (tertiary/aromatic N) is 5. The summed E-state index contributed by atoms with van der Waals surface area (Å²) in [7, 11) is 0. The molecule has 0 aliphatic heterocycles. The van der Waals surface area contributed by atoms with Crippen molar-refractivity contribution in [2.75, 3.05) is 0 Å². The summed E-state index contributed by atoms with van der Waals surface area (Å²) in [5.74, 6) is 0. The van der Waals surface area contributed by atoms with Crippen molar-refractivity contribution in [2.45, 2.75) is 0 Å². The Balaban J connectivity index is 1.07. The maximum absolute atomic E-state index is 2.51. The van der Waals surface area contributed by atoms with Crippen molar-refractivity contribution in [1.82, 2.24) is 22.8 Å². The molecular weight excluding hydrogens is 863 g/mol. The molecule has 0 atom stereocenters. The Morgan fingerprint density at radius 3 is 0.803 bits per heavy atom. The van der Waals surface area contributed by atoms with Crippen LogP contribution in [-0.4, -0.2) is 22.8 Å². The number of para-hydroxylation sites is 8. The van der Waals surface area contributed by atoms with Gasteiger partial charge in [0, 0.05) is 65.2 Å². The minimum atomic E-state index is 1.08. The molecule has 5 heteroatoms. The predicted octanol–water partition coefficient (Wildman–Crippen LogP) is 17.2. The van der Waals surface area contributed by atoms with Crippen LogP contribution in [0.3, 0.4) is 0 Å². The molecule has 0 amide bonds. The van der Waals surface area contributed by atoms with Gasteiger partial charge in [0.15, 0.2) is 0 Å². The fourth-order valence-corrected chi connectivity index (χ4v) is 12.4. The summed E-state index contributed by atoms with van der Waals surface area (Å²) in [6.45, 7) is 0. The van der Waals surface area contributed by atoms with Gasteiger partial charge >= 0.3 is 0 Å². The number of rotatable bonds is 5. The molecule has 16 rings (SSSR count).